The van der Waals surface area contributed by atoms with E-state index in [1.54, 1.807) is 17.0 Å². The minimum absolute atomic E-state index is 0.631. The number of rotatable bonds is 2. The molecular formula is C11H13N3O. The largest absolute Gasteiger partial charge is 0.380 e. The number of aliphatic hydroxyl groups is 1. The standard InChI is InChI=1S/C11H13N3O/c1-8-9(4-3-5-12-8)10(15)11-13-6-7-14(11)2/h3-7,10,15H,1-2H3. The van der Waals surface area contributed by atoms with Crippen molar-refractivity contribution < 1.29 is 5.11 Å². The summed E-state index contributed by atoms with van der Waals surface area (Å²) in [6.07, 6.45) is 4.48. The van der Waals surface area contributed by atoms with E-state index in [1.807, 2.05) is 32.3 Å². The summed E-state index contributed by atoms with van der Waals surface area (Å²) in [7, 11) is 1.86. The van der Waals surface area contributed by atoms with Gasteiger partial charge in [0.05, 0.1) is 0 Å². The number of hydrogen-bond donors (Lipinski definition) is 1. The number of aliphatic hydroxyl groups excluding tert-OH is 1. The van der Waals surface area contributed by atoms with Gasteiger partial charge in [-0.15, -0.1) is 0 Å². The van der Waals surface area contributed by atoms with Gasteiger partial charge in [0.2, 0.25) is 0 Å². The van der Waals surface area contributed by atoms with E-state index in [4.69, 9.17) is 0 Å². The molecule has 4 heteroatoms. The lowest BCUT2D eigenvalue weighted by molar-refractivity contribution is 0.205. The molecule has 0 bridgehead atoms. The number of pyridine rings is 1. The molecule has 0 saturated carbocycles. The summed E-state index contributed by atoms with van der Waals surface area (Å²) in [5.41, 5.74) is 1.62. The van der Waals surface area contributed by atoms with E-state index < -0.39 is 6.10 Å². The zero-order valence-corrected chi connectivity index (χ0v) is 8.75. The SMILES string of the molecule is Cc1ncccc1C(O)c1nccn1C. The van der Waals surface area contributed by atoms with Crippen LogP contribution in [-0.2, 0) is 7.05 Å². The molecule has 4 nitrogen and oxygen atoms in total. The normalized spacial score (nSPS) is 12.7. The van der Waals surface area contributed by atoms with E-state index in [1.165, 1.54) is 0 Å². The summed E-state index contributed by atoms with van der Waals surface area (Å²) < 4.78 is 1.80. The highest BCUT2D eigenvalue weighted by atomic mass is 16.3. The molecule has 1 atom stereocenters. The zero-order valence-electron chi connectivity index (χ0n) is 8.75. The van der Waals surface area contributed by atoms with Gasteiger partial charge in [0.25, 0.3) is 0 Å². The van der Waals surface area contributed by atoms with E-state index in [9.17, 15) is 5.11 Å². The Labute approximate surface area is 88.2 Å². The van der Waals surface area contributed by atoms with Gasteiger partial charge in [-0.3, -0.25) is 4.98 Å². The lowest BCUT2D eigenvalue weighted by Gasteiger charge is -2.12. The van der Waals surface area contributed by atoms with Crippen molar-refractivity contribution in [1.82, 2.24) is 14.5 Å². The molecule has 2 aromatic rings. The highest BCUT2D eigenvalue weighted by molar-refractivity contribution is 5.26. The van der Waals surface area contributed by atoms with Gasteiger partial charge >= 0.3 is 0 Å². The summed E-state index contributed by atoms with van der Waals surface area (Å²) in [5, 5.41) is 10.1. The second-order valence-electron chi connectivity index (χ2n) is 3.48. The van der Waals surface area contributed by atoms with Gasteiger partial charge in [-0.2, -0.15) is 0 Å². The van der Waals surface area contributed by atoms with E-state index in [0.717, 1.165) is 11.3 Å². The summed E-state index contributed by atoms with van der Waals surface area (Å²) in [6, 6.07) is 3.68. The fourth-order valence-corrected chi connectivity index (χ4v) is 1.57. The molecule has 0 fully saturated rings. The molecule has 0 spiro atoms. The Morgan fingerprint density at radius 1 is 1.33 bits per heavy atom. The molecule has 0 aromatic carbocycles. The first kappa shape index (κ1) is 9.86. The summed E-state index contributed by atoms with van der Waals surface area (Å²) in [6.45, 7) is 1.88. The first-order chi connectivity index (χ1) is 7.20. The van der Waals surface area contributed by atoms with Crippen LogP contribution in [-0.4, -0.2) is 19.6 Å². The maximum Gasteiger partial charge on any atom is 0.142 e. The van der Waals surface area contributed by atoms with Crippen molar-refractivity contribution in [1.29, 1.82) is 0 Å². The molecular weight excluding hydrogens is 190 g/mol. The minimum Gasteiger partial charge on any atom is -0.380 e. The van der Waals surface area contributed by atoms with E-state index in [0.29, 0.717) is 5.82 Å². The van der Waals surface area contributed by atoms with Crippen LogP contribution in [0.1, 0.15) is 23.2 Å². The number of imidazole rings is 1. The molecule has 0 aliphatic heterocycles. The fraction of sp³-hybridized carbons (Fsp3) is 0.273. The third kappa shape index (κ3) is 1.76. The maximum absolute atomic E-state index is 10.1. The first-order valence-corrected chi connectivity index (χ1v) is 4.77. The van der Waals surface area contributed by atoms with Gasteiger partial charge in [0, 0.05) is 36.9 Å². The molecule has 0 aliphatic carbocycles. The van der Waals surface area contributed by atoms with Gasteiger partial charge in [0.1, 0.15) is 11.9 Å². The van der Waals surface area contributed by atoms with E-state index in [2.05, 4.69) is 9.97 Å². The molecule has 0 aliphatic rings. The predicted octanol–water partition coefficient (Wildman–Crippen LogP) is 1.21. The molecule has 1 unspecified atom stereocenters. The van der Waals surface area contributed by atoms with E-state index >= 15 is 0 Å². The van der Waals surface area contributed by atoms with Crippen LogP contribution < -0.4 is 0 Å². The van der Waals surface area contributed by atoms with Gasteiger partial charge in [-0.1, -0.05) is 6.07 Å². The lowest BCUT2D eigenvalue weighted by atomic mass is 10.1. The molecule has 0 saturated heterocycles. The van der Waals surface area contributed by atoms with Crippen LogP contribution in [0, 0.1) is 6.92 Å². The fourth-order valence-electron chi connectivity index (χ4n) is 1.57. The molecule has 2 rings (SSSR count). The van der Waals surface area contributed by atoms with Crippen molar-refractivity contribution in [2.75, 3.05) is 0 Å². The van der Waals surface area contributed by atoms with Crippen molar-refractivity contribution in [3.05, 3.63) is 47.8 Å². The average molecular weight is 203 g/mol. The summed E-state index contributed by atoms with van der Waals surface area (Å²) in [4.78, 5) is 8.26. The quantitative estimate of drug-likeness (QED) is 0.798. The Morgan fingerprint density at radius 3 is 2.73 bits per heavy atom. The molecule has 0 radical (unpaired) electrons. The molecule has 0 amide bonds. The van der Waals surface area contributed by atoms with Crippen molar-refractivity contribution in [2.24, 2.45) is 7.05 Å². The lowest BCUT2D eigenvalue weighted by Crippen LogP contribution is -2.08. The van der Waals surface area contributed by atoms with Gasteiger partial charge in [-0.25, -0.2) is 4.98 Å². The first-order valence-electron chi connectivity index (χ1n) is 4.77. The minimum atomic E-state index is -0.710. The zero-order chi connectivity index (χ0) is 10.8. The smallest absolute Gasteiger partial charge is 0.142 e. The van der Waals surface area contributed by atoms with Crippen LogP contribution in [0.3, 0.4) is 0 Å². The van der Waals surface area contributed by atoms with Crippen LogP contribution in [0.25, 0.3) is 0 Å². The predicted molar refractivity (Wildman–Crippen MR) is 56.2 cm³/mol. The van der Waals surface area contributed by atoms with Gasteiger partial charge < -0.3 is 9.67 Å². The van der Waals surface area contributed by atoms with Crippen LogP contribution in [0.5, 0.6) is 0 Å². The second-order valence-corrected chi connectivity index (χ2v) is 3.48. The Balaban J connectivity index is 2.41. The number of nitrogens with zero attached hydrogens (tertiary/aromatic N) is 3. The maximum atomic E-state index is 10.1. The van der Waals surface area contributed by atoms with Crippen molar-refractivity contribution in [2.45, 2.75) is 13.0 Å². The molecule has 1 N–H and O–H groups in total. The van der Waals surface area contributed by atoms with Crippen molar-refractivity contribution >= 4 is 0 Å². The second kappa shape index (κ2) is 3.82. The monoisotopic (exact) mass is 203 g/mol. The van der Waals surface area contributed by atoms with Crippen LogP contribution in [0.15, 0.2) is 30.7 Å². The van der Waals surface area contributed by atoms with Gasteiger partial charge in [0.15, 0.2) is 0 Å². The highest BCUT2D eigenvalue weighted by Gasteiger charge is 2.16. The summed E-state index contributed by atoms with van der Waals surface area (Å²) >= 11 is 0. The van der Waals surface area contributed by atoms with E-state index in [-0.39, 0.29) is 0 Å². The van der Waals surface area contributed by atoms with Crippen LogP contribution in [0.2, 0.25) is 0 Å². The Hall–Kier alpha value is -1.68. The number of aryl methyl sites for hydroxylation is 2. The Bertz CT molecular complexity index is 464. The third-order valence-corrected chi connectivity index (χ3v) is 2.45. The van der Waals surface area contributed by atoms with Gasteiger partial charge in [-0.05, 0) is 13.0 Å². The van der Waals surface area contributed by atoms with Crippen LogP contribution >= 0.6 is 0 Å². The van der Waals surface area contributed by atoms with Crippen LogP contribution in [0.4, 0.5) is 0 Å². The molecule has 2 aromatic heterocycles. The molecule has 15 heavy (non-hydrogen) atoms. The average Bonchev–Trinajstić information content (AvgIpc) is 2.64. The Morgan fingerprint density at radius 2 is 2.13 bits per heavy atom. The molecule has 78 valence electrons. The van der Waals surface area contributed by atoms with Crippen molar-refractivity contribution in [3.8, 4) is 0 Å². The highest BCUT2D eigenvalue weighted by Crippen LogP contribution is 2.21. The number of aromatic nitrogens is 3. The summed E-state index contributed by atoms with van der Waals surface area (Å²) in [5.74, 6) is 0.631. The van der Waals surface area contributed by atoms with Crippen molar-refractivity contribution in [3.63, 3.8) is 0 Å². The topological polar surface area (TPSA) is 50.9 Å². The third-order valence-electron chi connectivity index (χ3n) is 2.45. The number of hydrogen-bond acceptors (Lipinski definition) is 3. The Kier molecular flexibility index (Phi) is 2.51. The molecule has 2 heterocycles.